The fourth-order valence-corrected chi connectivity index (χ4v) is 5.57. The second-order valence-corrected chi connectivity index (χ2v) is 9.94. The maximum Gasteiger partial charge on any atom is 0.271 e. The Kier molecular flexibility index (Phi) is 4.90. The van der Waals surface area contributed by atoms with Crippen molar-refractivity contribution in [3.05, 3.63) is 57.8 Å². The fourth-order valence-electron chi connectivity index (χ4n) is 4.45. The lowest BCUT2D eigenvalue weighted by Crippen LogP contribution is -2.35. The number of H-pyrrole nitrogens is 2. The Morgan fingerprint density at radius 2 is 2.06 bits per heavy atom. The summed E-state index contributed by atoms with van der Waals surface area (Å²) in [6.07, 6.45) is 3.36. The fraction of sp³-hybridized carbons (Fsp3) is 0.409. The minimum absolute atomic E-state index is 0.112. The molecule has 4 heterocycles. The number of hydrogen-bond acceptors (Lipinski definition) is 5. The van der Waals surface area contributed by atoms with Crippen LogP contribution in [0.2, 0.25) is 0 Å². The number of aliphatic imine (C=N–C) groups is 1. The summed E-state index contributed by atoms with van der Waals surface area (Å²) in [5.41, 5.74) is 2.71. The summed E-state index contributed by atoms with van der Waals surface area (Å²) >= 11 is 1.53. The van der Waals surface area contributed by atoms with E-state index in [1.165, 1.54) is 23.9 Å². The van der Waals surface area contributed by atoms with Gasteiger partial charge in [0.05, 0.1) is 39.4 Å². The van der Waals surface area contributed by atoms with E-state index in [2.05, 4.69) is 29.1 Å². The minimum atomic E-state index is -0.296. The van der Waals surface area contributed by atoms with Crippen molar-refractivity contribution in [1.29, 1.82) is 0 Å². The molecule has 2 atom stereocenters. The van der Waals surface area contributed by atoms with Crippen LogP contribution >= 0.6 is 11.8 Å². The number of aromatic nitrogens is 4. The molecule has 1 saturated heterocycles. The van der Waals surface area contributed by atoms with E-state index in [0.29, 0.717) is 18.0 Å². The first-order valence-corrected chi connectivity index (χ1v) is 11.2. The van der Waals surface area contributed by atoms with Gasteiger partial charge in [-0.25, -0.2) is 9.38 Å². The molecule has 3 aromatic rings. The summed E-state index contributed by atoms with van der Waals surface area (Å²) in [5.74, 6) is 0.384. The quantitative estimate of drug-likeness (QED) is 0.616. The Labute approximate surface area is 183 Å². The molecule has 5 rings (SSSR count). The van der Waals surface area contributed by atoms with Crippen LogP contribution in [0.25, 0.3) is 11.3 Å². The highest BCUT2D eigenvalue weighted by molar-refractivity contribution is 8.14. The molecule has 0 radical (unpaired) electrons. The first-order chi connectivity index (χ1) is 14.8. The molecule has 2 aliphatic heterocycles. The van der Waals surface area contributed by atoms with Crippen molar-refractivity contribution in [3.8, 4) is 11.3 Å². The number of thioether (sulfide) groups is 1. The maximum atomic E-state index is 13.4. The normalized spacial score (nSPS) is 22.8. The number of halogens is 1. The number of nitrogens with one attached hydrogen (secondary N) is 2. The van der Waals surface area contributed by atoms with Crippen molar-refractivity contribution in [1.82, 2.24) is 20.0 Å². The smallest absolute Gasteiger partial charge is 0.271 e. The van der Waals surface area contributed by atoms with Gasteiger partial charge in [-0.2, -0.15) is 5.10 Å². The molecule has 1 aromatic carbocycles. The third-order valence-electron chi connectivity index (χ3n) is 5.87. The van der Waals surface area contributed by atoms with Crippen molar-refractivity contribution in [2.75, 3.05) is 6.61 Å². The molecule has 2 aliphatic rings. The Hall–Kier alpha value is -2.65. The molecule has 1 fully saturated rings. The number of nitrogens with zero attached hydrogens (tertiary/aromatic N) is 3. The number of fused-ring (bicyclic) bond motifs is 1. The van der Waals surface area contributed by atoms with Gasteiger partial charge in [-0.15, -0.1) is 0 Å². The van der Waals surface area contributed by atoms with Crippen LogP contribution in [-0.2, 0) is 4.74 Å². The average molecular weight is 442 g/mol. The zero-order valence-corrected chi connectivity index (χ0v) is 18.4. The summed E-state index contributed by atoms with van der Waals surface area (Å²) in [7, 11) is 0. The third-order valence-corrected chi connectivity index (χ3v) is 7.03. The van der Waals surface area contributed by atoms with E-state index < -0.39 is 0 Å². The third kappa shape index (κ3) is 3.65. The van der Waals surface area contributed by atoms with Crippen LogP contribution in [0.3, 0.4) is 0 Å². The van der Waals surface area contributed by atoms with E-state index in [-0.39, 0.29) is 28.3 Å². The van der Waals surface area contributed by atoms with Crippen LogP contribution in [-0.4, -0.2) is 37.2 Å². The Balaban J connectivity index is 1.59. The van der Waals surface area contributed by atoms with Crippen LogP contribution < -0.4 is 5.56 Å². The van der Waals surface area contributed by atoms with Crippen molar-refractivity contribution in [3.63, 3.8) is 0 Å². The number of benzene rings is 1. The number of hydrogen-bond donors (Lipinski definition) is 2. The number of aromatic amines is 2. The summed E-state index contributed by atoms with van der Waals surface area (Å²) in [6, 6.07) is 6.37. The van der Waals surface area contributed by atoms with Crippen LogP contribution in [0.15, 0.2) is 40.2 Å². The van der Waals surface area contributed by atoms with Gasteiger partial charge in [0, 0.05) is 17.7 Å². The Morgan fingerprint density at radius 3 is 2.81 bits per heavy atom. The molecule has 2 N–H and O–H groups in total. The van der Waals surface area contributed by atoms with Crippen LogP contribution in [0.5, 0.6) is 0 Å². The lowest BCUT2D eigenvalue weighted by Gasteiger charge is -2.36. The van der Waals surface area contributed by atoms with Crippen LogP contribution in [0.1, 0.15) is 56.0 Å². The second-order valence-electron chi connectivity index (χ2n) is 8.64. The molecule has 7 nitrogen and oxygen atoms in total. The summed E-state index contributed by atoms with van der Waals surface area (Å²) in [6.45, 7) is 6.74. The van der Waals surface area contributed by atoms with Gasteiger partial charge in [0.2, 0.25) is 0 Å². The van der Waals surface area contributed by atoms with Gasteiger partial charge in [0.15, 0.2) is 5.82 Å². The topological polar surface area (TPSA) is 88.1 Å². The van der Waals surface area contributed by atoms with E-state index in [1.807, 2.05) is 11.6 Å². The molecule has 0 bridgehead atoms. The maximum absolute atomic E-state index is 13.4. The van der Waals surface area contributed by atoms with Gasteiger partial charge in [-0.1, -0.05) is 11.8 Å². The average Bonchev–Trinajstić information content (AvgIpc) is 3.32. The van der Waals surface area contributed by atoms with Crippen molar-refractivity contribution < 1.29 is 9.13 Å². The predicted octanol–water partition coefficient (Wildman–Crippen LogP) is 4.72. The number of ether oxygens (including phenoxy) is 1. The van der Waals surface area contributed by atoms with Gasteiger partial charge in [-0.05, 0) is 57.9 Å². The summed E-state index contributed by atoms with van der Waals surface area (Å²) in [4.78, 5) is 17.9. The van der Waals surface area contributed by atoms with Gasteiger partial charge >= 0.3 is 0 Å². The molecule has 2 aromatic heterocycles. The molecule has 162 valence electrons. The summed E-state index contributed by atoms with van der Waals surface area (Å²) in [5, 5.41) is 10.9. The largest absolute Gasteiger partial charge is 0.375 e. The van der Waals surface area contributed by atoms with Gasteiger partial charge in [0.25, 0.3) is 5.56 Å². The van der Waals surface area contributed by atoms with E-state index in [0.717, 1.165) is 34.7 Å². The SMILES string of the molecule is CC1=Nc2c(c(=O)[nH]n2[C@@H]2CCOC(C)(C)C2)[C@@H](c2cn[nH]c2-c2ccc(F)cc2)S1. The highest BCUT2D eigenvalue weighted by Gasteiger charge is 2.36. The molecule has 9 heteroatoms. The number of rotatable bonds is 3. The van der Waals surface area contributed by atoms with E-state index in [1.54, 1.807) is 18.3 Å². The monoisotopic (exact) mass is 441 g/mol. The highest BCUT2D eigenvalue weighted by Crippen LogP contribution is 2.47. The Morgan fingerprint density at radius 1 is 1.29 bits per heavy atom. The first kappa shape index (κ1) is 20.3. The molecule has 0 spiro atoms. The van der Waals surface area contributed by atoms with Crippen molar-refractivity contribution in [2.24, 2.45) is 4.99 Å². The molecule has 31 heavy (non-hydrogen) atoms. The second kappa shape index (κ2) is 7.49. The minimum Gasteiger partial charge on any atom is -0.375 e. The Bertz CT molecular complexity index is 1210. The van der Waals surface area contributed by atoms with Crippen LogP contribution in [0.4, 0.5) is 10.2 Å². The van der Waals surface area contributed by atoms with E-state index in [4.69, 9.17) is 9.73 Å². The molecular formula is C22H24FN5O2S. The molecule has 0 unspecified atom stereocenters. The van der Waals surface area contributed by atoms with Gasteiger partial charge in [0.1, 0.15) is 5.82 Å². The zero-order valence-electron chi connectivity index (χ0n) is 17.6. The lowest BCUT2D eigenvalue weighted by atomic mass is 9.94. The lowest BCUT2D eigenvalue weighted by molar-refractivity contribution is -0.0705. The van der Waals surface area contributed by atoms with Crippen LogP contribution in [0, 0.1) is 5.82 Å². The molecule has 0 amide bonds. The van der Waals surface area contributed by atoms with Crippen molar-refractivity contribution >= 4 is 22.6 Å². The molecule has 0 aliphatic carbocycles. The highest BCUT2D eigenvalue weighted by atomic mass is 32.2. The zero-order chi connectivity index (χ0) is 21.8. The standard InChI is InChI=1S/C22H24FN5O2S/c1-12-25-20-17(21(29)27-28(20)15-8-9-30-22(2,3)10-15)19(31-12)16-11-24-26-18(16)13-4-6-14(23)7-5-13/h4-7,11,15,19H,8-10H2,1-3H3,(H,24,26)(H,27,29)/t15-,19-/m1/s1. The van der Waals surface area contributed by atoms with Crippen molar-refractivity contribution in [2.45, 2.75) is 50.5 Å². The van der Waals surface area contributed by atoms with Gasteiger partial charge in [-0.3, -0.25) is 19.7 Å². The first-order valence-electron chi connectivity index (χ1n) is 10.3. The molecular weight excluding hydrogens is 417 g/mol. The summed E-state index contributed by atoms with van der Waals surface area (Å²) < 4.78 is 21.2. The predicted molar refractivity (Wildman–Crippen MR) is 120 cm³/mol. The van der Waals surface area contributed by atoms with Gasteiger partial charge < -0.3 is 4.74 Å². The van der Waals surface area contributed by atoms with E-state index in [9.17, 15) is 9.18 Å². The van der Waals surface area contributed by atoms with E-state index >= 15 is 0 Å². The molecule has 0 saturated carbocycles.